The number of rotatable bonds is 4. The molecule has 3 rings (SSSR count). The second-order valence-electron chi connectivity index (χ2n) is 5.54. The third kappa shape index (κ3) is 2.90. The van der Waals surface area contributed by atoms with Gasteiger partial charge in [0.05, 0.1) is 11.9 Å². The highest BCUT2D eigenvalue weighted by molar-refractivity contribution is 5.93. The van der Waals surface area contributed by atoms with Gasteiger partial charge in [0.2, 0.25) is 5.91 Å². The van der Waals surface area contributed by atoms with Gasteiger partial charge in [-0.3, -0.25) is 9.69 Å². The number of piperidine rings is 1. The third-order valence-electron chi connectivity index (χ3n) is 4.12. The lowest BCUT2D eigenvalue weighted by atomic mass is 10.0. The number of benzene rings is 1. The summed E-state index contributed by atoms with van der Waals surface area (Å²) in [7, 11) is 0. The number of para-hydroxylation sites is 1. The van der Waals surface area contributed by atoms with Crippen molar-refractivity contribution in [3.05, 3.63) is 42.6 Å². The predicted molar refractivity (Wildman–Crippen MR) is 87.2 cm³/mol. The quantitative estimate of drug-likeness (QED) is 0.943. The molecule has 1 amide bonds. The van der Waals surface area contributed by atoms with E-state index in [0.29, 0.717) is 6.42 Å². The Balaban J connectivity index is 1.98. The number of hydrogen-bond acceptors (Lipinski definition) is 3. The van der Waals surface area contributed by atoms with Crippen molar-refractivity contribution in [2.24, 2.45) is 0 Å². The first-order valence-corrected chi connectivity index (χ1v) is 7.93. The van der Waals surface area contributed by atoms with E-state index >= 15 is 0 Å². The molecule has 2 heterocycles. The van der Waals surface area contributed by atoms with Crippen molar-refractivity contribution < 1.29 is 4.79 Å². The van der Waals surface area contributed by atoms with Gasteiger partial charge in [-0.25, -0.2) is 4.68 Å². The van der Waals surface area contributed by atoms with Crippen LogP contribution in [0.5, 0.6) is 0 Å². The van der Waals surface area contributed by atoms with Crippen LogP contribution < -0.4 is 10.2 Å². The van der Waals surface area contributed by atoms with Gasteiger partial charge in [0.15, 0.2) is 0 Å². The van der Waals surface area contributed by atoms with Crippen LogP contribution in [0, 0.1) is 0 Å². The lowest BCUT2D eigenvalue weighted by molar-refractivity contribution is -0.119. The van der Waals surface area contributed by atoms with Gasteiger partial charge in [0.1, 0.15) is 5.82 Å². The van der Waals surface area contributed by atoms with Crippen LogP contribution in [0.4, 0.5) is 5.82 Å². The van der Waals surface area contributed by atoms with E-state index in [-0.39, 0.29) is 11.9 Å². The smallest absolute Gasteiger partial charge is 0.228 e. The molecular weight excluding hydrogens is 276 g/mol. The Kier molecular flexibility index (Phi) is 4.53. The summed E-state index contributed by atoms with van der Waals surface area (Å²) in [5.74, 6) is 1.02. The standard InChI is InChI=1S/C17H22N4O/c1-2-17(22)20(14-8-11-18-12-9-14)16-10-13-19-21(16)15-6-4-3-5-7-15/h3-7,10,13-14,18H,2,8-9,11-12H2,1H3. The number of carbonyl (C=O) groups excluding carboxylic acids is 1. The predicted octanol–water partition coefficient (Wildman–Crippen LogP) is 2.37. The SMILES string of the molecule is CCC(=O)N(c1ccnn1-c1ccccc1)C1CCNCC1. The van der Waals surface area contributed by atoms with E-state index in [1.54, 1.807) is 6.20 Å². The van der Waals surface area contributed by atoms with Gasteiger partial charge < -0.3 is 5.32 Å². The summed E-state index contributed by atoms with van der Waals surface area (Å²) in [6.07, 6.45) is 4.22. The molecule has 5 heteroatoms. The summed E-state index contributed by atoms with van der Waals surface area (Å²) in [4.78, 5) is 14.5. The van der Waals surface area contributed by atoms with Crippen molar-refractivity contribution in [2.45, 2.75) is 32.2 Å². The molecule has 0 aliphatic carbocycles. The molecule has 0 bridgehead atoms. The van der Waals surface area contributed by atoms with Gasteiger partial charge in [-0.1, -0.05) is 25.1 Å². The minimum Gasteiger partial charge on any atom is -0.317 e. The maximum atomic E-state index is 12.6. The zero-order valence-corrected chi connectivity index (χ0v) is 12.9. The van der Waals surface area contributed by atoms with Gasteiger partial charge in [-0.2, -0.15) is 5.10 Å². The highest BCUT2D eigenvalue weighted by atomic mass is 16.2. The average molecular weight is 298 g/mol. The molecule has 1 aromatic carbocycles. The van der Waals surface area contributed by atoms with Gasteiger partial charge in [0.25, 0.3) is 0 Å². The maximum absolute atomic E-state index is 12.6. The molecule has 1 fully saturated rings. The molecule has 116 valence electrons. The lowest BCUT2D eigenvalue weighted by Crippen LogP contribution is -2.47. The Morgan fingerprint density at radius 1 is 1.27 bits per heavy atom. The summed E-state index contributed by atoms with van der Waals surface area (Å²) < 4.78 is 1.86. The monoisotopic (exact) mass is 298 g/mol. The van der Waals surface area contributed by atoms with Gasteiger partial charge in [-0.05, 0) is 38.1 Å². The minimum atomic E-state index is 0.157. The molecule has 1 aromatic heterocycles. The second-order valence-corrected chi connectivity index (χ2v) is 5.54. The summed E-state index contributed by atoms with van der Waals surface area (Å²) in [5.41, 5.74) is 0.977. The Hall–Kier alpha value is -2.14. The maximum Gasteiger partial charge on any atom is 0.228 e. The van der Waals surface area contributed by atoms with Crippen molar-refractivity contribution in [1.82, 2.24) is 15.1 Å². The Morgan fingerprint density at radius 2 is 2.00 bits per heavy atom. The van der Waals surface area contributed by atoms with Crippen molar-refractivity contribution in [3.8, 4) is 5.69 Å². The number of carbonyl (C=O) groups is 1. The van der Waals surface area contributed by atoms with E-state index in [1.165, 1.54) is 0 Å². The first-order chi connectivity index (χ1) is 10.8. The number of hydrogen-bond donors (Lipinski definition) is 1. The molecule has 2 aromatic rings. The molecule has 0 spiro atoms. The summed E-state index contributed by atoms with van der Waals surface area (Å²) in [6.45, 7) is 3.83. The highest BCUT2D eigenvalue weighted by Gasteiger charge is 2.28. The zero-order chi connectivity index (χ0) is 15.4. The van der Waals surface area contributed by atoms with Crippen LogP contribution in [0.1, 0.15) is 26.2 Å². The fourth-order valence-electron chi connectivity index (χ4n) is 3.00. The Labute approximate surface area is 130 Å². The topological polar surface area (TPSA) is 50.2 Å². The van der Waals surface area contributed by atoms with E-state index in [1.807, 2.05) is 52.9 Å². The Bertz CT molecular complexity index is 617. The summed E-state index contributed by atoms with van der Waals surface area (Å²) in [6, 6.07) is 12.1. The van der Waals surface area contributed by atoms with Crippen molar-refractivity contribution in [1.29, 1.82) is 0 Å². The fraction of sp³-hybridized carbons (Fsp3) is 0.412. The van der Waals surface area contributed by atoms with Gasteiger partial charge in [0, 0.05) is 18.5 Å². The lowest BCUT2D eigenvalue weighted by Gasteiger charge is -2.34. The van der Waals surface area contributed by atoms with Crippen molar-refractivity contribution in [2.75, 3.05) is 18.0 Å². The van der Waals surface area contributed by atoms with Crippen LogP contribution in [0.2, 0.25) is 0 Å². The van der Waals surface area contributed by atoms with Crippen LogP contribution in [-0.2, 0) is 4.79 Å². The second kappa shape index (κ2) is 6.75. The first-order valence-electron chi connectivity index (χ1n) is 7.93. The Morgan fingerprint density at radius 3 is 2.68 bits per heavy atom. The number of aromatic nitrogens is 2. The fourth-order valence-corrected chi connectivity index (χ4v) is 3.00. The van der Waals surface area contributed by atoms with E-state index < -0.39 is 0 Å². The highest BCUT2D eigenvalue weighted by Crippen LogP contribution is 2.25. The molecule has 1 aliphatic rings. The summed E-state index contributed by atoms with van der Waals surface area (Å²) in [5, 5.41) is 7.78. The van der Waals surface area contributed by atoms with E-state index in [9.17, 15) is 4.79 Å². The van der Waals surface area contributed by atoms with Crippen molar-refractivity contribution >= 4 is 11.7 Å². The molecule has 0 saturated carbocycles. The summed E-state index contributed by atoms with van der Waals surface area (Å²) >= 11 is 0. The van der Waals surface area contributed by atoms with Crippen LogP contribution in [0.15, 0.2) is 42.6 Å². The zero-order valence-electron chi connectivity index (χ0n) is 12.9. The van der Waals surface area contributed by atoms with Crippen LogP contribution in [0.25, 0.3) is 5.69 Å². The molecule has 22 heavy (non-hydrogen) atoms. The van der Waals surface area contributed by atoms with Crippen LogP contribution >= 0.6 is 0 Å². The van der Waals surface area contributed by atoms with Crippen molar-refractivity contribution in [3.63, 3.8) is 0 Å². The van der Waals surface area contributed by atoms with E-state index in [0.717, 1.165) is 37.4 Å². The molecule has 1 saturated heterocycles. The number of nitrogens with zero attached hydrogens (tertiary/aromatic N) is 3. The minimum absolute atomic E-state index is 0.157. The number of anilines is 1. The largest absolute Gasteiger partial charge is 0.317 e. The van der Waals surface area contributed by atoms with Crippen LogP contribution in [-0.4, -0.2) is 34.8 Å². The first kappa shape index (κ1) is 14.8. The number of amides is 1. The molecular formula is C17H22N4O. The third-order valence-corrected chi connectivity index (χ3v) is 4.12. The average Bonchev–Trinajstić information content (AvgIpc) is 3.06. The molecule has 5 nitrogen and oxygen atoms in total. The number of nitrogens with one attached hydrogen (secondary N) is 1. The van der Waals surface area contributed by atoms with Gasteiger partial charge >= 0.3 is 0 Å². The molecule has 0 unspecified atom stereocenters. The molecule has 1 N–H and O–H groups in total. The molecule has 0 atom stereocenters. The molecule has 0 radical (unpaired) electrons. The van der Waals surface area contributed by atoms with Gasteiger partial charge in [-0.15, -0.1) is 0 Å². The molecule has 1 aliphatic heterocycles. The van der Waals surface area contributed by atoms with E-state index in [2.05, 4.69) is 10.4 Å². The van der Waals surface area contributed by atoms with Crippen LogP contribution in [0.3, 0.4) is 0 Å². The van der Waals surface area contributed by atoms with E-state index in [4.69, 9.17) is 0 Å². The normalized spacial score (nSPS) is 15.7.